The van der Waals surface area contributed by atoms with Crippen molar-refractivity contribution in [1.29, 1.82) is 0 Å². The SMILES string of the molecule is CC(C)C(=O)NCCCC(=O)CCCO. The second-order valence-electron chi connectivity index (χ2n) is 3.92. The lowest BCUT2D eigenvalue weighted by Gasteiger charge is -2.06. The van der Waals surface area contributed by atoms with Crippen molar-refractivity contribution in [3.05, 3.63) is 0 Å². The fourth-order valence-electron chi connectivity index (χ4n) is 1.10. The van der Waals surface area contributed by atoms with Gasteiger partial charge in [0, 0.05) is 31.9 Å². The molecule has 0 aliphatic rings. The highest BCUT2D eigenvalue weighted by Crippen LogP contribution is 1.98. The Morgan fingerprint density at radius 3 is 2.33 bits per heavy atom. The average molecular weight is 215 g/mol. The smallest absolute Gasteiger partial charge is 0.222 e. The summed E-state index contributed by atoms with van der Waals surface area (Å²) in [4.78, 5) is 22.3. The Morgan fingerprint density at radius 1 is 1.20 bits per heavy atom. The van der Waals surface area contributed by atoms with Gasteiger partial charge in [-0.2, -0.15) is 0 Å². The number of rotatable bonds is 8. The number of amides is 1. The van der Waals surface area contributed by atoms with E-state index in [0.717, 1.165) is 0 Å². The number of nitrogens with one attached hydrogen (secondary N) is 1. The van der Waals surface area contributed by atoms with Crippen LogP contribution < -0.4 is 5.32 Å². The summed E-state index contributed by atoms with van der Waals surface area (Å²) >= 11 is 0. The third kappa shape index (κ3) is 8.12. The van der Waals surface area contributed by atoms with Gasteiger partial charge in [-0.1, -0.05) is 13.8 Å². The topological polar surface area (TPSA) is 66.4 Å². The molecule has 0 atom stereocenters. The molecule has 0 aromatic carbocycles. The van der Waals surface area contributed by atoms with Crippen LogP contribution in [0.2, 0.25) is 0 Å². The monoisotopic (exact) mass is 215 g/mol. The summed E-state index contributed by atoms with van der Waals surface area (Å²) in [5.41, 5.74) is 0. The van der Waals surface area contributed by atoms with E-state index in [2.05, 4.69) is 5.32 Å². The van der Waals surface area contributed by atoms with Gasteiger partial charge in [0.2, 0.25) is 5.91 Å². The normalized spacial score (nSPS) is 10.4. The third-order valence-corrected chi connectivity index (χ3v) is 2.07. The summed E-state index contributed by atoms with van der Waals surface area (Å²) in [7, 11) is 0. The summed E-state index contributed by atoms with van der Waals surface area (Å²) in [6.07, 6.45) is 2.15. The molecule has 0 fully saturated rings. The highest BCUT2D eigenvalue weighted by molar-refractivity contribution is 5.79. The van der Waals surface area contributed by atoms with E-state index in [9.17, 15) is 9.59 Å². The maximum atomic E-state index is 11.2. The quantitative estimate of drug-likeness (QED) is 0.591. The minimum Gasteiger partial charge on any atom is -0.396 e. The number of hydrogen-bond acceptors (Lipinski definition) is 3. The summed E-state index contributed by atoms with van der Waals surface area (Å²) in [5.74, 6) is 0.177. The van der Waals surface area contributed by atoms with E-state index >= 15 is 0 Å². The summed E-state index contributed by atoms with van der Waals surface area (Å²) < 4.78 is 0. The molecular formula is C11H21NO3. The van der Waals surface area contributed by atoms with Gasteiger partial charge < -0.3 is 10.4 Å². The first-order valence-corrected chi connectivity index (χ1v) is 5.48. The average Bonchev–Trinajstić information content (AvgIpc) is 2.20. The number of carbonyl (C=O) groups excluding carboxylic acids is 2. The maximum Gasteiger partial charge on any atom is 0.222 e. The highest BCUT2D eigenvalue weighted by atomic mass is 16.3. The van der Waals surface area contributed by atoms with Crippen LogP contribution in [0.25, 0.3) is 0 Å². The van der Waals surface area contributed by atoms with Crippen LogP contribution in [-0.4, -0.2) is 29.9 Å². The molecule has 0 saturated carbocycles. The van der Waals surface area contributed by atoms with Gasteiger partial charge >= 0.3 is 0 Å². The van der Waals surface area contributed by atoms with Crippen molar-refractivity contribution in [2.24, 2.45) is 5.92 Å². The zero-order valence-corrected chi connectivity index (χ0v) is 9.58. The van der Waals surface area contributed by atoms with E-state index in [1.54, 1.807) is 0 Å². The largest absolute Gasteiger partial charge is 0.396 e. The second-order valence-corrected chi connectivity index (χ2v) is 3.92. The standard InChI is InChI=1S/C11H21NO3/c1-9(2)11(15)12-7-3-5-10(14)6-4-8-13/h9,13H,3-8H2,1-2H3,(H,12,15). The van der Waals surface area contributed by atoms with Crippen LogP contribution in [0.4, 0.5) is 0 Å². The van der Waals surface area contributed by atoms with Crippen molar-refractivity contribution in [1.82, 2.24) is 5.32 Å². The first kappa shape index (κ1) is 14.1. The van der Waals surface area contributed by atoms with Gasteiger partial charge in [-0.3, -0.25) is 9.59 Å². The fourth-order valence-corrected chi connectivity index (χ4v) is 1.10. The first-order valence-electron chi connectivity index (χ1n) is 5.48. The summed E-state index contributed by atoms with van der Waals surface area (Å²) in [6.45, 7) is 4.29. The zero-order chi connectivity index (χ0) is 11.7. The Balaban J connectivity index is 3.38. The van der Waals surface area contributed by atoms with Crippen molar-refractivity contribution < 1.29 is 14.7 Å². The molecule has 0 bridgehead atoms. The molecule has 1 amide bonds. The van der Waals surface area contributed by atoms with Gasteiger partial charge in [0.1, 0.15) is 5.78 Å². The van der Waals surface area contributed by atoms with Crippen molar-refractivity contribution in [2.45, 2.75) is 39.5 Å². The van der Waals surface area contributed by atoms with Gasteiger partial charge in [-0.15, -0.1) is 0 Å². The molecule has 0 aromatic heterocycles. The molecular weight excluding hydrogens is 194 g/mol. The molecule has 88 valence electrons. The fraction of sp³-hybridized carbons (Fsp3) is 0.818. The van der Waals surface area contributed by atoms with Gasteiger partial charge in [-0.25, -0.2) is 0 Å². The summed E-state index contributed by atoms with van der Waals surface area (Å²) in [5, 5.41) is 11.3. The number of carbonyl (C=O) groups is 2. The molecule has 0 aromatic rings. The second kappa shape index (κ2) is 8.41. The molecule has 0 aliphatic carbocycles. The predicted molar refractivity (Wildman–Crippen MR) is 58.4 cm³/mol. The van der Waals surface area contributed by atoms with Gasteiger partial charge in [0.15, 0.2) is 0 Å². The van der Waals surface area contributed by atoms with E-state index in [0.29, 0.717) is 32.2 Å². The number of hydrogen-bond donors (Lipinski definition) is 2. The number of aliphatic hydroxyl groups is 1. The molecule has 0 heterocycles. The lowest BCUT2D eigenvalue weighted by atomic mass is 10.1. The maximum absolute atomic E-state index is 11.2. The minimum atomic E-state index is -0.00455. The molecule has 0 aliphatic heterocycles. The molecule has 0 radical (unpaired) electrons. The van der Waals surface area contributed by atoms with Gasteiger partial charge in [-0.05, 0) is 12.8 Å². The lowest BCUT2D eigenvalue weighted by molar-refractivity contribution is -0.124. The molecule has 4 heteroatoms. The number of aliphatic hydroxyl groups excluding tert-OH is 1. The van der Waals surface area contributed by atoms with Crippen LogP contribution in [0.1, 0.15) is 39.5 Å². The molecule has 15 heavy (non-hydrogen) atoms. The first-order chi connectivity index (χ1) is 7.07. The van der Waals surface area contributed by atoms with Crippen molar-refractivity contribution >= 4 is 11.7 Å². The summed E-state index contributed by atoms with van der Waals surface area (Å²) in [6, 6.07) is 0. The van der Waals surface area contributed by atoms with Crippen LogP contribution in [0.5, 0.6) is 0 Å². The number of Topliss-reactive ketones (excluding diaryl/α,β-unsaturated/α-hetero) is 1. The highest BCUT2D eigenvalue weighted by Gasteiger charge is 2.06. The Bertz CT molecular complexity index is 202. The van der Waals surface area contributed by atoms with Crippen LogP contribution >= 0.6 is 0 Å². The zero-order valence-electron chi connectivity index (χ0n) is 9.58. The molecule has 0 rings (SSSR count). The Kier molecular flexibility index (Phi) is 7.91. The van der Waals surface area contributed by atoms with Crippen LogP contribution in [-0.2, 0) is 9.59 Å². The molecule has 2 N–H and O–H groups in total. The van der Waals surface area contributed by atoms with E-state index < -0.39 is 0 Å². The van der Waals surface area contributed by atoms with Crippen LogP contribution in [0.3, 0.4) is 0 Å². The Hall–Kier alpha value is -0.900. The van der Waals surface area contributed by atoms with Crippen molar-refractivity contribution in [2.75, 3.05) is 13.2 Å². The van der Waals surface area contributed by atoms with Gasteiger partial charge in [0.25, 0.3) is 0 Å². The molecule has 0 unspecified atom stereocenters. The van der Waals surface area contributed by atoms with E-state index in [-0.39, 0.29) is 24.2 Å². The van der Waals surface area contributed by atoms with Gasteiger partial charge in [0.05, 0.1) is 0 Å². The van der Waals surface area contributed by atoms with E-state index in [1.807, 2.05) is 13.8 Å². The van der Waals surface area contributed by atoms with Crippen molar-refractivity contribution in [3.63, 3.8) is 0 Å². The van der Waals surface area contributed by atoms with E-state index in [4.69, 9.17) is 5.11 Å². The van der Waals surface area contributed by atoms with Crippen molar-refractivity contribution in [3.8, 4) is 0 Å². The predicted octanol–water partition coefficient (Wildman–Crippen LogP) is 0.880. The number of ketones is 1. The van der Waals surface area contributed by atoms with E-state index in [1.165, 1.54) is 0 Å². The lowest BCUT2D eigenvalue weighted by Crippen LogP contribution is -2.28. The minimum absolute atomic E-state index is 0.00455. The van der Waals surface area contributed by atoms with Crippen LogP contribution in [0.15, 0.2) is 0 Å². The Morgan fingerprint density at radius 2 is 1.80 bits per heavy atom. The Labute approximate surface area is 91.1 Å². The molecule has 4 nitrogen and oxygen atoms in total. The molecule has 0 saturated heterocycles. The third-order valence-electron chi connectivity index (χ3n) is 2.07. The molecule has 0 spiro atoms. The van der Waals surface area contributed by atoms with Crippen LogP contribution in [0, 0.1) is 5.92 Å².